The van der Waals surface area contributed by atoms with E-state index in [-0.39, 0.29) is 56.6 Å². The molecule has 2 N–H and O–H groups in total. The second-order valence-corrected chi connectivity index (χ2v) is 21.6. The number of alkyl halides is 1. The van der Waals surface area contributed by atoms with Crippen LogP contribution in [0.4, 0.5) is 4.39 Å². The summed E-state index contributed by atoms with van der Waals surface area (Å²) in [7, 11) is 3.03. The molecule has 0 spiro atoms. The molecule has 4 fully saturated rings. The van der Waals surface area contributed by atoms with Crippen LogP contribution in [-0.2, 0) is 57.6 Å². The molecule has 0 unspecified atom stereocenters. The molecule has 4 aromatic rings. The van der Waals surface area contributed by atoms with Crippen molar-refractivity contribution in [1.82, 2.24) is 45.0 Å². The number of aromatic nitrogens is 3. The number of carbonyl (C=O) groups excluding carboxylic acids is 5. The number of methoxy groups -OCH3 is 1. The maximum absolute atomic E-state index is 16.8. The van der Waals surface area contributed by atoms with E-state index < -0.39 is 71.3 Å². The average molecular weight is 1020 g/mol. The molecule has 0 aliphatic carbocycles. The van der Waals surface area contributed by atoms with Crippen molar-refractivity contribution in [3.63, 3.8) is 0 Å². The zero-order valence-electron chi connectivity index (χ0n) is 43.9. The molecule has 6 bridgehead atoms. The van der Waals surface area contributed by atoms with Gasteiger partial charge >= 0.3 is 5.97 Å². The van der Waals surface area contributed by atoms with Gasteiger partial charge in [0.1, 0.15) is 18.1 Å². The predicted molar refractivity (Wildman–Crippen MR) is 272 cm³/mol. The minimum Gasteiger partial charge on any atom is -0.464 e. The van der Waals surface area contributed by atoms with Crippen LogP contribution in [0.25, 0.3) is 33.5 Å². The first-order valence-electron chi connectivity index (χ1n) is 26.1. The number of likely N-dealkylation sites (tertiary alicyclic amines) is 1. The number of rotatable bonds is 9. The number of fused-ring (bicyclic) bond motifs is 7. The summed E-state index contributed by atoms with van der Waals surface area (Å²) in [4.78, 5) is 84.7. The normalized spacial score (nSPS) is 25.2. The number of carbonyl (C=O) groups is 5. The summed E-state index contributed by atoms with van der Waals surface area (Å²) in [6.07, 6.45) is 5.73. The summed E-state index contributed by atoms with van der Waals surface area (Å²) in [5, 5.41) is 5.16. The predicted octanol–water partition coefficient (Wildman–Crippen LogP) is 5.02. The molecule has 0 saturated carbocycles. The Kier molecular flexibility index (Phi) is 15.3. The van der Waals surface area contributed by atoms with Crippen LogP contribution < -0.4 is 10.7 Å². The first-order valence-corrected chi connectivity index (χ1v) is 26.1. The number of nitrogens with zero attached hydrogens (tertiary/aromatic N) is 7. The Labute approximate surface area is 432 Å². The molecule has 4 amide bonds. The van der Waals surface area contributed by atoms with Gasteiger partial charge in [-0.3, -0.25) is 38.9 Å². The monoisotopic (exact) mass is 1020 g/mol. The minimum atomic E-state index is -2.47. The van der Waals surface area contributed by atoms with Gasteiger partial charge < -0.3 is 38.3 Å². The molecule has 0 radical (unpaired) electrons. The summed E-state index contributed by atoms with van der Waals surface area (Å²) >= 11 is 0. The fourth-order valence-electron chi connectivity index (χ4n) is 11.5. The van der Waals surface area contributed by atoms with Gasteiger partial charge in [0.25, 0.3) is 17.7 Å². The van der Waals surface area contributed by atoms with Crippen LogP contribution in [0.2, 0.25) is 0 Å². The number of morpholine rings is 1. The zero-order chi connectivity index (χ0) is 52.6. The third kappa shape index (κ3) is 10.6. The Morgan fingerprint density at radius 1 is 1.08 bits per heavy atom. The van der Waals surface area contributed by atoms with Gasteiger partial charge in [0.05, 0.1) is 62.5 Å². The van der Waals surface area contributed by atoms with E-state index in [4.69, 9.17) is 23.6 Å². The number of pyridine rings is 1. The largest absolute Gasteiger partial charge is 0.464 e. The SMILES string of the molecule is CCn1c(-c2cccnc2[C@H](C)OC)c2c3cc(ccc31)-c1cnc(o1)C[C@H](NC(=O)[C@H](C(C)C)N(C)C(=O)[C@@]1(F)CCN(C(=O)C#C[C@@H]3CC[C@@H]4COCCN43)C1)C(=O)N1CCC[C@H](N1)C(=O)OCC(C)(C)C2. The maximum Gasteiger partial charge on any atom is 0.324 e. The van der Waals surface area contributed by atoms with Crippen molar-refractivity contribution in [3.8, 4) is 34.4 Å². The number of hydrogen-bond donors (Lipinski definition) is 2. The molecule has 8 heterocycles. The highest BCUT2D eigenvalue weighted by Gasteiger charge is 2.50. The van der Waals surface area contributed by atoms with E-state index in [1.54, 1.807) is 33.4 Å². The number of hydrogen-bond acceptors (Lipinski definition) is 13. The molecule has 4 saturated heterocycles. The van der Waals surface area contributed by atoms with Crippen molar-refractivity contribution in [1.29, 1.82) is 0 Å². The Bertz CT molecular complexity index is 2850. The summed E-state index contributed by atoms with van der Waals surface area (Å²) in [6, 6.07) is 6.85. The fourth-order valence-corrected chi connectivity index (χ4v) is 11.5. The lowest BCUT2D eigenvalue weighted by atomic mass is 9.84. The highest BCUT2D eigenvalue weighted by molar-refractivity contribution is 5.98. The highest BCUT2D eigenvalue weighted by atomic mass is 19.1. The molecular formula is C55H70FN9O9. The molecule has 74 heavy (non-hydrogen) atoms. The minimum absolute atomic E-state index is 0.0151. The van der Waals surface area contributed by atoms with Crippen LogP contribution in [0.5, 0.6) is 0 Å². The van der Waals surface area contributed by atoms with Gasteiger partial charge in [-0.1, -0.05) is 33.6 Å². The van der Waals surface area contributed by atoms with Crippen molar-refractivity contribution < 1.29 is 47.0 Å². The summed E-state index contributed by atoms with van der Waals surface area (Å²) < 4.78 is 43.0. The number of aryl methyl sites for hydroxylation is 1. The molecule has 19 heteroatoms. The number of likely N-dealkylation sites (N-methyl/N-ethyl adjacent to an activating group) is 1. The Balaban J connectivity index is 0.997. The van der Waals surface area contributed by atoms with Gasteiger partial charge in [-0.25, -0.2) is 14.8 Å². The van der Waals surface area contributed by atoms with Gasteiger partial charge in [-0.2, -0.15) is 0 Å². The number of oxazole rings is 1. The third-order valence-electron chi connectivity index (χ3n) is 15.5. The summed E-state index contributed by atoms with van der Waals surface area (Å²) in [6.45, 7) is 14.1. The number of cyclic esters (lactones) is 1. The maximum atomic E-state index is 16.8. The number of benzene rings is 1. The molecule has 396 valence electrons. The molecule has 1 aromatic carbocycles. The third-order valence-corrected chi connectivity index (χ3v) is 15.5. The molecule has 5 aliphatic rings. The Morgan fingerprint density at radius 2 is 1.89 bits per heavy atom. The number of halogens is 1. The lowest BCUT2D eigenvalue weighted by molar-refractivity contribution is -0.155. The van der Waals surface area contributed by atoms with Crippen molar-refractivity contribution in [3.05, 3.63) is 59.9 Å². The van der Waals surface area contributed by atoms with Crippen LogP contribution in [-0.4, -0.2) is 160 Å². The van der Waals surface area contributed by atoms with E-state index in [0.717, 1.165) is 63.3 Å². The van der Waals surface area contributed by atoms with E-state index in [1.165, 1.54) is 17.0 Å². The number of amides is 4. The lowest BCUT2D eigenvalue weighted by Gasteiger charge is -2.37. The number of esters is 1. The van der Waals surface area contributed by atoms with E-state index >= 15 is 4.39 Å². The number of hydrazine groups is 1. The standard InChI is InChI=1S/C55H70FN9O9/c1-9-63-43-18-14-35-26-39(43)40(49(63)38-12-10-21-57-47(38)34(4)71-8)28-54(5,6)32-73-52(69)41-13-11-22-65(60-41)51(68)42(27-45-58-29-44(35)74-45)59-50(67)48(33(2)3)61(7)53(70)55(56)20-23-62(31-55)46(66)19-17-36-15-16-37-30-72-25-24-64(36)37/h10,12,14,18,21,26,29,33-34,36-37,41-42,48,60H,9,11,13,15-16,20,22-25,27-28,30-32H2,1-8H3,(H,59,67)/t34-,36-,37+,41-,42-,48-,55+/m0/s1. The van der Waals surface area contributed by atoms with Crippen LogP contribution in [0, 0.1) is 23.2 Å². The highest BCUT2D eigenvalue weighted by Crippen LogP contribution is 2.42. The average Bonchev–Trinajstić information content (AvgIpc) is 4.21. The lowest BCUT2D eigenvalue weighted by Crippen LogP contribution is -2.62. The van der Waals surface area contributed by atoms with Crippen LogP contribution in [0.15, 0.2) is 47.1 Å². The molecule has 18 nitrogen and oxygen atoms in total. The number of nitrogens with one attached hydrogen (secondary N) is 2. The van der Waals surface area contributed by atoms with Crippen molar-refractivity contribution >= 4 is 40.5 Å². The van der Waals surface area contributed by atoms with Crippen molar-refractivity contribution in [2.75, 3.05) is 60.2 Å². The summed E-state index contributed by atoms with van der Waals surface area (Å²) in [5.74, 6) is 2.56. The van der Waals surface area contributed by atoms with E-state index in [1.807, 2.05) is 19.1 Å². The summed E-state index contributed by atoms with van der Waals surface area (Å²) in [5.41, 5.74) is 5.50. The van der Waals surface area contributed by atoms with Gasteiger partial charge in [-0.05, 0) is 93.7 Å². The van der Waals surface area contributed by atoms with Crippen molar-refractivity contribution in [2.45, 2.75) is 135 Å². The van der Waals surface area contributed by atoms with Crippen LogP contribution in [0.3, 0.4) is 0 Å². The molecule has 3 aromatic heterocycles. The van der Waals surface area contributed by atoms with E-state index in [2.05, 4.69) is 76.0 Å². The number of ether oxygens (including phenoxy) is 3. The second-order valence-electron chi connectivity index (χ2n) is 21.6. The van der Waals surface area contributed by atoms with Gasteiger partial charge in [-0.15, -0.1) is 0 Å². The molecule has 5 aliphatic heterocycles. The first kappa shape index (κ1) is 52.7. The molecule has 7 atom stereocenters. The quantitative estimate of drug-likeness (QED) is 0.168. The van der Waals surface area contributed by atoms with Gasteiger partial charge in [0, 0.05) is 86.4 Å². The zero-order valence-corrected chi connectivity index (χ0v) is 43.9. The fraction of sp³-hybridized carbons (Fsp3) is 0.582. The second kappa shape index (κ2) is 21.6. The van der Waals surface area contributed by atoms with Gasteiger partial charge in [0.2, 0.25) is 11.6 Å². The molecule has 9 rings (SSSR count). The van der Waals surface area contributed by atoms with Crippen LogP contribution in [0.1, 0.15) is 96.9 Å². The first-order chi connectivity index (χ1) is 35.4. The Hall–Kier alpha value is -6.20. The Morgan fingerprint density at radius 3 is 2.66 bits per heavy atom. The molecular weight excluding hydrogens is 950 g/mol. The smallest absolute Gasteiger partial charge is 0.324 e. The van der Waals surface area contributed by atoms with Gasteiger partial charge in [0.15, 0.2) is 11.7 Å². The van der Waals surface area contributed by atoms with Crippen LogP contribution >= 0.6 is 0 Å². The van der Waals surface area contributed by atoms with Crippen molar-refractivity contribution in [2.24, 2.45) is 11.3 Å². The topological polar surface area (TPSA) is 194 Å². The van der Waals surface area contributed by atoms with E-state index in [0.29, 0.717) is 44.8 Å². The van der Waals surface area contributed by atoms with E-state index in [9.17, 15) is 24.0 Å².